The summed E-state index contributed by atoms with van der Waals surface area (Å²) in [5, 5.41) is 11.8. The first kappa shape index (κ1) is 21.2. The molecular formula is C21H22N5O4S. The maximum absolute atomic E-state index is 12.7. The van der Waals surface area contributed by atoms with Crippen LogP contribution in [0.3, 0.4) is 0 Å². The first-order valence-corrected chi connectivity index (χ1v) is 10.6. The molecule has 0 saturated carbocycles. The molecule has 0 saturated heterocycles. The molecule has 9 nitrogen and oxygen atoms in total. The number of furan rings is 1. The number of aromatic nitrogens is 4. The number of rotatable bonds is 10. The zero-order valence-corrected chi connectivity index (χ0v) is 17.9. The lowest BCUT2D eigenvalue weighted by molar-refractivity contribution is -0.0456. The van der Waals surface area contributed by atoms with Crippen LogP contribution < -0.4 is 5.32 Å². The van der Waals surface area contributed by atoms with Crippen LogP contribution in [0.4, 0.5) is 5.13 Å². The van der Waals surface area contributed by atoms with Gasteiger partial charge in [0.2, 0.25) is 5.13 Å². The summed E-state index contributed by atoms with van der Waals surface area (Å²) in [6.07, 6.45) is 2.39. The molecule has 0 fully saturated rings. The minimum absolute atomic E-state index is 0.253. The zero-order chi connectivity index (χ0) is 21.6. The smallest absolute Gasteiger partial charge is 0.257 e. The molecule has 0 unspecified atom stereocenters. The number of fused-ring (bicyclic) bond motifs is 1. The molecule has 0 spiro atoms. The summed E-state index contributed by atoms with van der Waals surface area (Å²) in [5.74, 6) is 1.23. The molecule has 31 heavy (non-hydrogen) atoms. The number of hydrogen-bond donors (Lipinski definition) is 1. The van der Waals surface area contributed by atoms with Gasteiger partial charge < -0.3 is 18.5 Å². The summed E-state index contributed by atoms with van der Waals surface area (Å²) in [7, 11) is 0. The monoisotopic (exact) mass is 440 g/mol. The van der Waals surface area contributed by atoms with E-state index in [0.717, 1.165) is 29.8 Å². The van der Waals surface area contributed by atoms with Crippen LogP contribution in [-0.4, -0.2) is 45.7 Å². The van der Waals surface area contributed by atoms with Crippen LogP contribution in [-0.2, 0) is 16.0 Å². The van der Waals surface area contributed by atoms with Crippen LogP contribution in [0.5, 0.6) is 0 Å². The van der Waals surface area contributed by atoms with Crippen molar-refractivity contribution in [3.05, 3.63) is 54.9 Å². The molecule has 0 bridgehead atoms. The van der Waals surface area contributed by atoms with Crippen molar-refractivity contribution in [2.45, 2.75) is 19.9 Å². The topological polar surface area (TPSA) is 104 Å². The maximum atomic E-state index is 12.7. The first-order chi connectivity index (χ1) is 15.2. The van der Waals surface area contributed by atoms with Crippen molar-refractivity contribution in [2.24, 2.45) is 0 Å². The molecule has 3 aromatic heterocycles. The number of carbonyl (C=O) groups is 1. The Labute approximate surface area is 183 Å². The minimum atomic E-state index is -0.268. The molecule has 10 heteroatoms. The number of nitrogens with one attached hydrogen (secondary N) is 1. The fraction of sp³-hybridized carbons (Fsp3) is 0.286. The quantitative estimate of drug-likeness (QED) is 0.294. The second-order valence-corrected chi connectivity index (χ2v) is 7.62. The Morgan fingerprint density at radius 3 is 3.00 bits per heavy atom. The van der Waals surface area contributed by atoms with Crippen molar-refractivity contribution < 1.29 is 18.7 Å². The number of imidazole rings is 1. The van der Waals surface area contributed by atoms with Gasteiger partial charge in [-0.2, -0.15) is 0 Å². The summed E-state index contributed by atoms with van der Waals surface area (Å²) in [6.45, 7) is 7.53. The van der Waals surface area contributed by atoms with E-state index in [1.807, 2.05) is 13.0 Å². The predicted octanol–water partition coefficient (Wildman–Crippen LogP) is 3.92. The normalized spacial score (nSPS) is 11.3. The van der Waals surface area contributed by atoms with Gasteiger partial charge in [-0.3, -0.25) is 10.1 Å². The third-order valence-corrected chi connectivity index (χ3v) is 5.41. The Morgan fingerprint density at radius 2 is 2.19 bits per heavy atom. The Morgan fingerprint density at radius 1 is 1.29 bits per heavy atom. The number of benzene rings is 1. The van der Waals surface area contributed by atoms with Crippen molar-refractivity contribution >= 4 is 33.4 Å². The highest BCUT2D eigenvalue weighted by molar-refractivity contribution is 7.18. The maximum Gasteiger partial charge on any atom is 0.257 e. The van der Waals surface area contributed by atoms with Gasteiger partial charge >= 0.3 is 0 Å². The number of ether oxygens (including phenoxy) is 2. The van der Waals surface area contributed by atoms with Crippen LogP contribution >= 0.6 is 11.3 Å². The van der Waals surface area contributed by atoms with Crippen LogP contribution in [0.25, 0.3) is 21.8 Å². The van der Waals surface area contributed by atoms with Crippen molar-refractivity contribution in [1.82, 2.24) is 19.7 Å². The van der Waals surface area contributed by atoms with Gasteiger partial charge in [0.05, 0.1) is 23.9 Å². The Balaban J connectivity index is 1.41. The SMILES string of the molecule is [CH2]COCOCCCn1c(C)nc2cc(C(=O)Nc3nnc(-c4ccco4)s3)ccc21. The van der Waals surface area contributed by atoms with Gasteiger partial charge in [-0.1, -0.05) is 11.3 Å². The van der Waals surface area contributed by atoms with Crippen LogP contribution in [0.15, 0.2) is 41.0 Å². The van der Waals surface area contributed by atoms with Crippen LogP contribution in [0.1, 0.15) is 22.6 Å². The highest BCUT2D eigenvalue weighted by Crippen LogP contribution is 2.27. The van der Waals surface area contributed by atoms with E-state index in [4.69, 9.17) is 13.9 Å². The Hall–Kier alpha value is -3.08. The molecule has 0 atom stereocenters. The second kappa shape index (κ2) is 9.82. The lowest BCUT2D eigenvalue weighted by Crippen LogP contribution is -2.11. The molecule has 1 radical (unpaired) electrons. The highest BCUT2D eigenvalue weighted by atomic mass is 32.1. The van der Waals surface area contributed by atoms with E-state index >= 15 is 0 Å². The number of anilines is 1. The van der Waals surface area contributed by atoms with E-state index < -0.39 is 0 Å². The van der Waals surface area contributed by atoms with Gasteiger partial charge in [-0.15, -0.1) is 10.2 Å². The predicted molar refractivity (Wildman–Crippen MR) is 117 cm³/mol. The molecule has 0 aliphatic carbocycles. The standard InChI is InChI=1S/C21H22N5O4S/c1-3-28-13-29-10-5-9-26-14(2)22-16-12-15(7-8-17(16)26)19(27)23-21-25-24-20(31-21)18-6-4-11-30-18/h4,6-8,11-12H,1,3,5,9-10,13H2,2H3,(H,23,25,27). The van der Waals surface area contributed by atoms with Gasteiger partial charge in [0.25, 0.3) is 5.91 Å². The Bertz CT molecular complexity index is 1150. The fourth-order valence-electron chi connectivity index (χ4n) is 3.12. The van der Waals surface area contributed by atoms with Crippen LogP contribution in [0, 0.1) is 13.8 Å². The summed E-state index contributed by atoms with van der Waals surface area (Å²) in [4.78, 5) is 17.3. The number of amides is 1. The molecular weight excluding hydrogens is 418 g/mol. The van der Waals surface area contributed by atoms with E-state index in [0.29, 0.717) is 34.7 Å². The van der Waals surface area contributed by atoms with Crippen molar-refractivity contribution in [3.8, 4) is 10.8 Å². The molecule has 3 heterocycles. The molecule has 1 aromatic carbocycles. The number of hydrogen-bond acceptors (Lipinski definition) is 8. The fourth-order valence-corrected chi connectivity index (χ4v) is 3.82. The largest absolute Gasteiger partial charge is 0.462 e. The summed E-state index contributed by atoms with van der Waals surface area (Å²) in [5.41, 5.74) is 2.24. The number of aryl methyl sites for hydroxylation is 2. The van der Waals surface area contributed by atoms with E-state index in [9.17, 15) is 4.79 Å². The van der Waals surface area contributed by atoms with Gasteiger partial charge in [0.15, 0.2) is 10.8 Å². The van der Waals surface area contributed by atoms with Gasteiger partial charge in [0, 0.05) is 18.7 Å². The molecule has 4 rings (SSSR count). The van der Waals surface area contributed by atoms with E-state index in [-0.39, 0.29) is 12.7 Å². The summed E-state index contributed by atoms with van der Waals surface area (Å²) >= 11 is 1.25. The van der Waals surface area contributed by atoms with Gasteiger partial charge in [-0.25, -0.2) is 4.98 Å². The lowest BCUT2D eigenvalue weighted by atomic mass is 10.2. The van der Waals surface area contributed by atoms with E-state index in [2.05, 4.69) is 32.0 Å². The third kappa shape index (κ3) is 4.98. The van der Waals surface area contributed by atoms with Gasteiger partial charge in [-0.05, 0) is 50.6 Å². The van der Waals surface area contributed by atoms with Gasteiger partial charge in [0.1, 0.15) is 12.6 Å². The summed E-state index contributed by atoms with van der Waals surface area (Å²) in [6, 6.07) is 9.03. The molecule has 161 valence electrons. The molecule has 0 aliphatic heterocycles. The Kier molecular flexibility index (Phi) is 6.70. The van der Waals surface area contributed by atoms with Crippen LogP contribution in [0.2, 0.25) is 0 Å². The first-order valence-electron chi connectivity index (χ1n) is 9.76. The van der Waals surface area contributed by atoms with E-state index in [1.54, 1.807) is 30.5 Å². The lowest BCUT2D eigenvalue weighted by Gasteiger charge is -2.08. The third-order valence-electron chi connectivity index (χ3n) is 4.56. The molecule has 4 aromatic rings. The molecule has 1 amide bonds. The molecule has 1 N–H and O–H groups in total. The highest BCUT2D eigenvalue weighted by Gasteiger charge is 2.15. The van der Waals surface area contributed by atoms with E-state index in [1.165, 1.54) is 11.3 Å². The average molecular weight is 441 g/mol. The van der Waals surface area contributed by atoms with Crippen molar-refractivity contribution in [2.75, 3.05) is 25.3 Å². The summed E-state index contributed by atoms with van der Waals surface area (Å²) < 4.78 is 17.9. The minimum Gasteiger partial charge on any atom is -0.462 e. The number of nitrogens with zero attached hydrogens (tertiary/aromatic N) is 4. The second-order valence-electron chi connectivity index (χ2n) is 6.65. The number of carbonyl (C=O) groups excluding carboxylic acids is 1. The molecule has 0 aliphatic rings. The van der Waals surface area contributed by atoms with Crippen molar-refractivity contribution in [1.29, 1.82) is 0 Å². The van der Waals surface area contributed by atoms with Crippen molar-refractivity contribution in [3.63, 3.8) is 0 Å². The zero-order valence-electron chi connectivity index (χ0n) is 17.0. The average Bonchev–Trinajstić information content (AvgIpc) is 3.50.